The molecule has 2 bridgehead atoms. The van der Waals surface area contributed by atoms with Gasteiger partial charge in [-0.15, -0.1) is 0 Å². The molecule has 1 saturated heterocycles. The molecule has 0 radical (unpaired) electrons. The van der Waals surface area contributed by atoms with Crippen LogP contribution < -0.4 is 5.73 Å². The Labute approximate surface area is 97.9 Å². The molecule has 5 atom stereocenters. The zero-order valence-corrected chi connectivity index (χ0v) is 9.98. The topological polar surface area (TPSA) is 35.2 Å². The Morgan fingerprint density at radius 3 is 2.19 bits per heavy atom. The SMILES string of the molecule is NC(C1CCOCC1)C1C2C3CCC(C3)C21. The first-order valence-electron chi connectivity index (χ1n) is 7.19. The highest BCUT2D eigenvalue weighted by Gasteiger charge is 2.66. The summed E-state index contributed by atoms with van der Waals surface area (Å²) in [5.74, 6) is 5.93. The van der Waals surface area contributed by atoms with Crippen LogP contribution in [0.25, 0.3) is 0 Å². The van der Waals surface area contributed by atoms with Crippen molar-refractivity contribution in [2.45, 2.75) is 38.1 Å². The lowest BCUT2D eigenvalue weighted by atomic mass is 9.85. The van der Waals surface area contributed by atoms with Gasteiger partial charge in [-0.3, -0.25) is 0 Å². The van der Waals surface area contributed by atoms with Gasteiger partial charge in [-0.25, -0.2) is 0 Å². The average molecular weight is 221 g/mol. The van der Waals surface area contributed by atoms with Crippen molar-refractivity contribution in [3.8, 4) is 0 Å². The van der Waals surface area contributed by atoms with Crippen molar-refractivity contribution in [2.24, 2.45) is 41.2 Å². The van der Waals surface area contributed by atoms with E-state index >= 15 is 0 Å². The Bertz CT molecular complexity index is 270. The number of rotatable bonds is 2. The second-order valence-corrected chi connectivity index (χ2v) is 6.59. The zero-order valence-electron chi connectivity index (χ0n) is 9.98. The maximum atomic E-state index is 6.54. The molecule has 1 heterocycles. The molecule has 1 aliphatic heterocycles. The van der Waals surface area contributed by atoms with Gasteiger partial charge in [0.2, 0.25) is 0 Å². The van der Waals surface area contributed by atoms with Crippen LogP contribution in [0, 0.1) is 35.5 Å². The Balaban J connectivity index is 1.44. The van der Waals surface area contributed by atoms with Crippen molar-refractivity contribution in [1.29, 1.82) is 0 Å². The fourth-order valence-electron chi connectivity index (χ4n) is 5.32. The smallest absolute Gasteiger partial charge is 0.0469 e. The monoisotopic (exact) mass is 221 g/mol. The first-order chi connectivity index (χ1) is 7.86. The van der Waals surface area contributed by atoms with Crippen LogP contribution in [0.15, 0.2) is 0 Å². The highest BCUT2D eigenvalue weighted by Crippen LogP contribution is 2.70. The predicted octanol–water partition coefficient (Wildman–Crippen LogP) is 2.03. The minimum Gasteiger partial charge on any atom is -0.381 e. The number of hydrogen-bond donors (Lipinski definition) is 1. The molecular formula is C14H23NO. The molecule has 2 N–H and O–H groups in total. The summed E-state index contributed by atoms with van der Waals surface area (Å²) in [6.45, 7) is 1.90. The summed E-state index contributed by atoms with van der Waals surface area (Å²) < 4.78 is 5.44. The van der Waals surface area contributed by atoms with Gasteiger partial charge in [0.1, 0.15) is 0 Å². The first-order valence-corrected chi connectivity index (χ1v) is 7.19. The number of ether oxygens (including phenoxy) is 1. The van der Waals surface area contributed by atoms with E-state index in [4.69, 9.17) is 10.5 Å². The minimum absolute atomic E-state index is 0.502. The predicted molar refractivity (Wildman–Crippen MR) is 62.8 cm³/mol. The van der Waals surface area contributed by atoms with E-state index in [2.05, 4.69) is 0 Å². The summed E-state index contributed by atoms with van der Waals surface area (Å²) in [6.07, 6.45) is 7.01. The maximum absolute atomic E-state index is 6.54. The first kappa shape index (κ1) is 9.90. The third kappa shape index (κ3) is 1.26. The van der Waals surface area contributed by atoms with Gasteiger partial charge in [-0.2, -0.15) is 0 Å². The van der Waals surface area contributed by atoms with E-state index < -0.39 is 0 Å². The van der Waals surface area contributed by atoms with Gasteiger partial charge in [-0.05, 0) is 67.6 Å². The molecule has 2 nitrogen and oxygen atoms in total. The molecule has 0 aromatic carbocycles. The van der Waals surface area contributed by atoms with Crippen molar-refractivity contribution < 1.29 is 4.74 Å². The summed E-state index contributed by atoms with van der Waals surface area (Å²) >= 11 is 0. The molecule has 2 heteroatoms. The molecule has 3 aliphatic carbocycles. The van der Waals surface area contributed by atoms with Crippen LogP contribution >= 0.6 is 0 Å². The summed E-state index contributed by atoms with van der Waals surface area (Å²) in [5, 5.41) is 0. The van der Waals surface area contributed by atoms with Gasteiger partial charge in [0, 0.05) is 19.3 Å². The van der Waals surface area contributed by atoms with Crippen molar-refractivity contribution in [3.63, 3.8) is 0 Å². The Morgan fingerprint density at radius 2 is 1.56 bits per heavy atom. The van der Waals surface area contributed by atoms with Gasteiger partial charge in [0.15, 0.2) is 0 Å². The molecule has 16 heavy (non-hydrogen) atoms. The number of fused-ring (bicyclic) bond motifs is 5. The zero-order chi connectivity index (χ0) is 10.7. The van der Waals surface area contributed by atoms with Crippen LogP contribution in [-0.2, 0) is 4.74 Å². The van der Waals surface area contributed by atoms with Gasteiger partial charge in [0.25, 0.3) is 0 Å². The third-order valence-electron chi connectivity index (χ3n) is 6.05. The van der Waals surface area contributed by atoms with Crippen LogP contribution in [0.2, 0.25) is 0 Å². The lowest BCUT2D eigenvalue weighted by molar-refractivity contribution is 0.0538. The highest BCUT2D eigenvalue weighted by atomic mass is 16.5. The Hall–Kier alpha value is -0.0800. The molecule has 0 aromatic heterocycles. The maximum Gasteiger partial charge on any atom is 0.0469 e. The van der Waals surface area contributed by atoms with Gasteiger partial charge < -0.3 is 10.5 Å². The van der Waals surface area contributed by atoms with Gasteiger partial charge in [-0.1, -0.05) is 0 Å². The van der Waals surface area contributed by atoms with Crippen molar-refractivity contribution in [1.82, 2.24) is 0 Å². The molecule has 4 aliphatic rings. The molecule has 4 fully saturated rings. The molecule has 90 valence electrons. The summed E-state index contributed by atoms with van der Waals surface area (Å²) in [5.41, 5.74) is 6.54. The van der Waals surface area contributed by atoms with Crippen LogP contribution in [0.3, 0.4) is 0 Å². The summed E-state index contributed by atoms with van der Waals surface area (Å²) in [7, 11) is 0. The fourth-order valence-corrected chi connectivity index (χ4v) is 5.32. The lowest BCUT2D eigenvalue weighted by Gasteiger charge is -2.29. The van der Waals surface area contributed by atoms with Crippen molar-refractivity contribution in [2.75, 3.05) is 13.2 Å². The molecule has 0 aromatic rings. The second kappa shape index (κ2) is 3.46. The minimum atomic E-state index is 0.502. The van der Waals surface area contributed by atoms with Crippen molar-refractivity contribution >= 4 is 0 Å². The van der Waals surface area contributed by atoms with E-state index in [1.165, 1.54) is 25.7 Å². The van der Waals surface area contributed by atoms with E-state index in [9.17, 15) is 0 Å². The van der Waals surface area contributed by atoms with E-state index in [0.717, 1.165) is 48.7 Å². The molecule has 5 unspecified atom stereocenters. The standard InChI is InChI=1S/C14H23NO/c15-14(8-3-5-16-6-4-8)13-11-9-1-2-10(7-9)12(11)13/h8-14H,1-7,15H2. The molecule has 0 spiro atoms. The van der Waals surface area contributed by atoms with E-state index in [0.29, 0.717) is 6.04 Å². The lowest BCUT2D eigenvalue weighted by Crippen LogP contribution is -2.37. The van der Waals surface area contributed by atoms with E-state index in [1.807, 2.05) is 0 Å². The quantitative estimate of drug-likeness (QED) is 0.774. The Morgan fingerprint density at radius 1 is 0.938 bits per heavy atom. The number of nitrogens with two attached hydrogens (primary N) is 1. The second-order valence-electron chi connectivity index (χ2n) is 6.59. The average Bonchev–Trinajstić information content (AvgIpc) is 2.77. The van der Waals surface area contributed by atoms with Crippen LogP contribution in [0.1, 0.15) is 32.1 Å². The van der Waals surface area contributed by atoms with Gasteiger partial charge >= 0.3 is 0 Å². The van der Waals surface area contributed by atoms with Crippen molar-refractivity contribution in [3.05, 3.63) is 0 Å². The molecular weight excluding hydrogens is 198 g/mol. The number of hydrogen-bond acceptors (Lipinski definition) is 2. The van der Waals surface area contributed by atoms with E-state index in [-0.39, 0.29) is 0 Å². The highest BCUT2D eigenvalue weighted by molar-refractivity contribution is 5.16. The normalized spacial score (nSPS) is 52.7. The Kier molecular flexibility index (Phi) is 2.14. The van der Waals surface area contributed by atoms with Gasteiger partial charge in [0.05, 0.1) is 0 Å². The van der Waals surface area contributed by atoms with Crippen LogP contribution in [0.5, 0.6) is 0 Å². The van der Waals surface area contributed by atoms with E-state index in [1.54, 1.807) is 6.42 Å². The van der Waals surface area contributed by atoms with Crippen LogP contribution in [0.4, 0.5) is 0 Å². The molecule has 4 rings (SSSR count). The third-order valence-corrected chi connectivity index (χ3v) is 6.05. The molecule has 3 saturated carbocycles. The summed E-state index contributed by atoms with van der Waals surface area (Å²) in [6, 6.07) is 0.502. The van der Waals surface area contributed by atoms with Crippen LogP contribution in [-0.4, -0.2) is 19.3 Å². The fraction of sp³-hybridized carbons (Fsp3) is 1.00. The summed E-state index contributed by atoms with van der Waals surface area (Å²) in [4.78, 5) is 0. The molecule has 0 amide bonds. The largest absolute Gasteiger partial charge is 0.381 e.